The van der Waals surface area contributed by atoms with Crippen LogP contribution in [0.25, 0.3) is 0 Å². The van der Waals surface area contributed by atoms with E-state index in [-0.39, 0.29) is 12.4 Å². The number of benzene rings is 2. The van der Waals surface area contributed by atoms with Gasteiger partial charge in [-0.15, -0.1) is 12.4 Å². The maximum Gasteiger partial charge on any atom is 0.161 e. The Labute approximate surface area is 131 Å². The van der Waals surface area contributed by atoms with Gasteiger partial charge in [0.05, 0.1) is 6.61 Å². The Bertz CT molecular complexity index is 543. The maximum absolute atomic E-state index is 5.87. The highest BCUT2D eigenvalue weighted by Gasteiger charge is 2.17. The average molecular weight is 306 g/mol. The van der Waals surface area contributed by atoms with Gasteiger partial charge in [0.15, 0.2) is 11.5 Å². The van der Waals surface area contributed by atoms with Crippen LogP contribution < -0.4 is 14.8 Å². The minimum Gasteiger partial charge on any atom is -0.489 e. The lowest BCUT2D eigenvalue weighted by Crippen LogP contribution is -2.45. The molecule has 1 aliphatic rings. The van der Waals surface area contributed by atoms with Gasteiger partial charge in [-0.05, 0) is 17.7 Å². The quantitative estimate of drug-likeness (QED) is 0.888. The molecule has 0 bridgehead atoms. The minimum atomic E-state index is 0. The zero-order valence-electron chi connectivity index (χ0n) is 11.8. The second kappa shape index (κ2) is 7.91. The van der Waals surface area contributed by atoms with Crippen molar-refractivity contribution in [3.05, 3.63) is 60.2 Å². The summed E-state index contributed by atoms with van der Waals surface area (Å²) in [5, 5.41) is 3.25. The van der Waals surface area contributed by atoms with Crippen molar-refractivity contribution in [3.8, 4) is 11.5 Å². The van der Waals surface area contributed by atoms with Crippen LogP contribution >= 0.6 is 12.4 Å². The van der Waals surface area contributed by atoms with Crippen molar-refractivity contribution >= 4 is 12.4 Å². The van der Waals surface area contributed by atoms with Crippen LogP contribution in [0.5, 0.6) is 11.5 Å². The van der Waals surface area contributed by atoms with Crippen LogP contribution in [0.1, 0.15) is 5.56 Å². The number of halogens is 1. The van der Waals surface area contributed by atoms with Crippen molar-refractivity contribution in [2.45, 2.75) is 6.61 Å². The summed E-state index contributed by atoms with van der Waals surface area (Å²) in [6, 6.07) is 18.0. The van der Waals surface area contributed by atoms with Gasteiger partial charge in [0, 0.05) is 19.0 Å². The minimum absolute atomic E-state index is 0. The molecule has 0 atom stereocenters. The van der Waals surface area contributed by atoms with E-state index in [1.807, 2.05) is 42.5 Å². The molecule has 0 spiro atoms. The van der Waals surface area contributed by atoms with Crippen molar-refractivity contribution < 1.29 is 9.47 Å². The van der Waals surface area contributed by atoms with Crippen LogP contribution in [0.2, 0.25) is 0 Å². The lowest BCUT2D eigenvalue weighted by Gasteiger charge is -2.27. The molecule has 1 heterocycles. The Morgan fingerprint density at radius 2 is 1.48 bits per heavy atom. The molecule has 0 radical (unpaired) electrons. The largest absolute Gasteiger partial charge is 0.489 e. The first-order valence-electron chi connectivity index (χ1n) is 7.01. The number of hydrogen-bond acceptors (Lipinski definition) is 3. The fraction of sp³-hybridized carbons (Fsp3) is 0.294. The highest BCUT2D eigenvalue weighted by molar-refractivity contribution is 5.85. The lowest BCUT2D eigenvalue weighted by molar-refractivity contribution is 0.188. The van der Waals surface area contributed by atoms with Gasteiger partial charge in [-0.2, -0.15) is 0 Å². The first kappa shape index (κ1) is 15.7. The number of rotatable bonds is 6. The Hall–Kier alpha value is -1.71. The molecule has 1 aliphatic heterocycles. The third-order valence-corrected chi connectivity index (χ3v) is 3.43. The average Bonchev–Trinajstić information content (AvgIpc) is 2.46. The second-order valence-corrected chi connectivity index (χ2v) is 5.06. The smallest absolute Gasteiger partial charge is 0.161 e. The molecular weight excluding hydrogens is 286 g/mol. The van der Waals surface area contributed by atoms with Gasteiger partial charge in [0.2, 0.25) is 0 Å². The highest BCUT2D eigenvalue weighted by atomic mass is 35.5. The first-order valence-corrected chi connectivity index (χ1v) is 7.01. The number of ether oxygens (including phenoxy) is 2. The van der Waals surface area contributed by atoms with Crippen LogP contribution in [0.15, 0.2) is 54.6 Å². The molecule has 0 aromatic heterocycles. The molecule has 1 fully saturated rings. The summed E-state index contributed by atoms with van der Waals surface area (Å²) in [5.41, 5.74) is 1.16. The summed E-state index contributed by atoms with van der Waals surface area (Å²) in [4.78, 5) is 0. The Balaban J connectivity index is 0.00000161. The summed E-state index contributed by atoms with van der Waals surface area (Å²) in [5.74, 6) is 2.26. The molecule has 4 heteroatoms. The first-order chi connectivity index (χ1) is 9.92. The van der Waals surface area contributed by atoms with Crippen molar-refractivity contribution in [2.24, 2.45) is 5.92 Å². The number of hydrogen-bond donors (Lipinski definition) is 1. The summed E-state index contributed by atoms with van der Waals surface area (Å²) in [6.45, 7) is 3.41. The van der Waals surface area contributed by atoms with E-state index in [0.717, 1.165) is 36.8 Å². The van der Waals surface area contributed by atoms with E-state index in [1.54, 1.807) is 0 Å². The van der Waals surface area contributed by atoms with Crippen LogP contribution in [-0.2, 0) is 6.61 Å². The van der Waals surface area contributed by atoms with Crippen molar-refractivity contribution in [1.29, 1.82) is 0 Å². The molecule has 0 saturated carbocycles. The molecule has 21 heavy (non-hydrogen) atoms. The van der Waals surface area contributed by atoms with E-state index in [4.69, 9.17) is 9.47 Å². The molecular formula is C17H20ClNO2. The molecule has 3 nitrogen and oxygen atoms in total. The SMILES string of the molecule is Cl.c1ccc(COc2ccccc2OCC2CNC2)cc1. The van der Waals surface area contributed by atoms with E-state index in [2.05, 4.69) is 17.4 Å². The molecule has 1 saturated heterocycles. The van der Waals surface area contributed by atoms with E-state index >= 15 is 0 Å². The van der Waals surface area contributed by atoms with E-state index in [9.17, 15) is 0 Å². The van der Waals surface area contributed by atoms with Crippen LogP contribution in [0.4, 0.5) is 0 Å². The topological polar surface area (TPSA) is 30.5 Å². The predicted octanol–water partition coefficient (Wildman–Crippen LogP) is 3.29. The van der Waals surface area contributed by atoms with Crippen LogP contribution in [0.3, 0.4) is 0 Å². The van der Waals surface area contributed by atoms with Crippen molar-refractivity contribution in [3.63, 3.8) is 0 Å². The Kier molecular flexibility index (Phi) is 5.90. The number of nitrogens with one attached hydrogen (secondary N) is 1. The summed E-state index contributed by atoms with van der Waals surface area (Å²) < 4.78 is 11.7. The molecule has 112 valence electrons. The normalized spacial score (nSPS) is 13.9. The van der Waals surface area contributed by atoms with Crippen LogP contribution in [0, 0.1) is 5.92 Å². The van der Waals surface area contributed by atoms with E-state index in [1.165, 1.54) is 0 Å². The zero-order chi connectivity index (χ0) is 13.6. The fourth-order valence-corrected chi connectivity index (χ4v) is 2.10. The Morgan fingerprint density at radius 1 is 0.857 bits per heavy atom. The van der Waals surface area contributed by atoms with Gasteiger partial charge in [-0.1, -0.05) is 42.5 Å². The summed E-state index contributed by atoms with van der Waals surface area (Å²) in [6.07, 6.45) is 0. The third-order valence-electron chi connectivity index (χ3n) is 3.43. The second-order valence-electron chi connectivity index (χ2n) is 5.06. The van der Waals surface area contributed by atoms with Crippen LogP contribution in [-0.4, -0.2) is 19.7 Å². The molecule has 0 aliphatic carbocycles. The highest BCUT2D eigenvalue weighted by Crippen LogP contribution is 2.27. The maximum atomic E-state index is 5.87. The zero-order valence-corrected chi connectivity index (χ0v) is 12.6. The van der Waals surface area contributed by atoms with E-state index < -0.39 is 0 Å². The number of para-hydroxylation sites is 2. The summed E-state index contributed by atoms with van der Waals surface area (Å²) in [7, 11) is 0. The molecule has 2 aromatic rings. The molecule has 0 amide bonds. The van der Waals surface area contributed by atoms with E-state index in [0.29, 0.717) is 12.5 Å². The fourth-order valence-electron chi connectivity index (χ4n) is 2.10. The lowest BCUT2D eigenvalue weighted by atomic mass is 10.1. The van der Waals surface area contributed by atoms with Gasteiger partial charge in [0.25, 0.3) is 0 Å². The molecule has 2 aromatic carbocycles. The molecule has 3 rings (SSSR count). The third kappa shape index (κ3) is 4.38. The monoisotopic (exact) mass is 305 g/mol. The van der Waals surface area contributed by atoms with Gasteiger partial charge in [0.1, 0.15) is 6.61 Å². The van der Waals surface area contributed by atoms with Gasteiger partial charge < -0.3 is 14.8 Å². The van der Waals surface area contributed by atoms with Crippen molar-refractivity contribution in [1.82, 2.24) is 5.32 Å². The summed E-state index contributed by atoms with van der Waals surface area (Å²) >= 11 is 0. The Morgan fingerprint density at radius 3 is 2.10 bits per heavy atom. The molecule has 1 N–H and O–H groups in total. The standard InChI is InChI=1S/C17H19NO2.ClH/c1-2-6-14(7-3-1)12-19-16-8-4-5-9-17(16)20-13-15-10-18-11-15;/h1-9,15,18H,10-13H2;1H. The van der Waals surface area contributed by atoms with Crippen molar-refractivity contribution in [2.75, 3.05) is 19.7 Å². The van der Waals surface area contributed by atoms with Gasteiger partial charge >= 0.3 is 0 Å². The predicted molar refractivity (Wildman–Crippen MR) is 86.3 cm³/mol. The van der Waals surface area contributed by atoms with Gasteiger partial charge in [-0.3, -0.25) is 0 Å². The van der Waals surface area contributed by atoms with Gasteiger partial charge in [-0.25, -0.2) is 0 Å². The molecule has 0 unspecified atom stereocenters.